The van der Waals surface area contributed by atoms with Gasteiger partial charge in [-0.15, -0.1) is 0 Å². The Balaban J connectivity index is 2.83. The van der Waals surface area contributed by atoms with Crippen molar-refractivity contribution in [1.29, 1.82) is 0 Å². The summed E-state index contributed by atoms with van der Waals surface area (Å²) in [5.74, 6) is -0.365. The van der Waals surface area contributed by atoms with Gasteiger partial charge in [-0.05, 0) is 19.1 Å². The van der Waals surface area contributed by atoms with Gasteiger partial charge >= 0.3 is 5.63 Å². The fourth-order valence-electron chi connectivity index (χ4n) is 1.50. The van der Waals surface area contributed by atoms with Crippen LogP contribution in [0.3, 0.4) is 0 Å². The van der Waals surface area contributed by atoms with Crippen LogP contribution < -0.4 is 10.9 Å². The second kappa shape index (κ2) is 3.65. The van der Waals surface area contributed by atoms with Crippen molar-refractivity contribution in [3.05, 3.63) is 34.7 Å². The fraction of sp³-hybridized carbons (Fsp3) is 0.182. The molecule has 0 unspecified atom stereocenters. The number of rotatable bonds is 2. The lowest BCUT2D eigenvalue weighted by atomic mass is 10.2. The first-order chi connectivity index (χ1) is 7.24. The number of hydrogen-bond donors (Lipinski definition) is 2. The second-order valence-corrected chi connectivity index (χ2v) is 3.14. The molecular weight excluding hydrogens is 194 g/mol. The van der Waals surface area contributed by atoms with Gasteiger partial charge in [0.25, 0.3) is 0 Å². The quantitative estimate of drug-likeness (QED) is 0.735. The minimum Gasteiger partial charge on any atom is -0.500 e. The van der Waals surface area contributed by atoms with Crippen molar-refractivity contribution in [2.45, 2.75) is 6.92 Å². The Morgan fingerprint density at radius 1 is 1.40 bits per heavy atom. The Labute approximate surface area is 86.2 Å². The molecule has 0 aliphatic rings. The lowest BCUT2D eigenvalue weighted by Crippen LogP contribution is -2.05. The van der Waals surface area contributed by atoms with Gasteiger partial charge in [-0.1, -0.05) is 12.1 Å². The highest BCUT2D eigenvalue weighted by molar-refractivity contribution is 5.92. The van der Waals surface area contributed by atoms with Crippen LogP contribution in [0.1, 0.15) is 6.92 Å². The van der Waals surface area contributed by atoms with E-state index in [9.17, 15) is 9.90 Å². The van der Waals surface area contributed by atoms with Crippen molar-refractivity contribution in [2.75, 3.05) is 11.9 Å². The number of para-hydroxylation sites is 1. The third kappa shape index (κ3) is 1.54. The minimum absolute atomic E-state index is 0.365. The summed E-state index contributed by atoms with van der Waals surface area (Å²) in [4.78, 5) is 11.3. The van der Waals surface area contributed by atoms with E-state index in [2.05, 4.69) is 5.32 Å². The van der Waals surface area contributed by atoms with Crippen LogP contribution in [0, 0.1) is 0 Å². The van der Waals surface area contributed by atoms with E-state index in [1.54, 1.807) is 18.2 Å². The molecule has 0 spiro atoms. The molecule has 0 amide bonds. The lowest BCUT2D eigenvalue weighted by Gasteiger charge is -2.07. The molecule has 4 nitrogen and oxygen atoms in total. The van der Waals surface area contributed by atoms with Gasteiger partial charge in [0.1, 0.15) is 5.58 Å². The van der Waals surface area contributed by atoms with E-state index in [0.717, 1.165) is 0 Å². The molecule has 0 aliphatic carbocycles. The Kier molecular flexibility index (Phi) is 2.33. The molecule has 0 aliphatic heterocycles. The molecule has 0 atom stereocenters. The molecule has 0 saturated heterocycles. The van der Waals surface area contributed by atoms with E-state index < -0.39 is 5.63 Å². The smallest absolute Gasteiger partial charge is 0.381 e. The summed E-state index contributed by atoms with van der Waals surface area (Å²) >= 11 is 0. The van der Waals surface area contributed by atoms with Crippen molar-refractivity contribution in [1.82, 2.24) is 0 Å². The SMILES string of the molecule is CCNc1c(O)c(=O)oc2ccccc12. The predicted octanol–water partition coefficient (Wildman–Crippen LogP) is 1.93. The van der Waals surface area contributed by atoms with Crippen LogP contribution in [-0.2, 0) is 0 Å². The van der Waals surface area contributed by atoms with Crippen LogP contribution >= 0.6 is 0 Å². The molecule has 1 aromatic heterocycles. The van der Waals surface area contributed by atoms with Crippen LogP contribution in [0.2, 0.25) is 0 Å². The van der Waals surface area contributed by atoms with Crippen LogP contribution in [0.4, 0.5) is 5.69 Å². The zero-order valence-corrected chi connectivity index (χ0v) is 8.28. The van der Waals surface area contributed by atoms with Gasteiger partial charge in [0.15, 0.2) is 0 Å². The molecule has 78 valence electrons. The highest BCUT2D eigenvalue weighted by Gasteiger charge is 2.11. The van der Waals surface area contributed by atoms with Crippen LogP contribution in [0.15, 0.2) is 33.5 Å². The summed E-state index contributed by atoms with van der Waals surface area (Å²) in [6, 6.07) is 7.08. The Bertz CT molecular complexity index is 545. The van der Waals surface area contributed by atoms with Gasteiger partial charge in [-0.3, -0.25) is 0 Å². The lowest BCUT2D eigenvalue weighted by molar-refractivity contribution is 0.430. The number of nitrogens with one attached hydrogen (secondary N) is 1. The normalized spacial score (nSPS) is 10.5. The maximum absolute atomic E-state index is 11.3. The molecule has 0 bridgehead atoms. The molecular formula is C11H11NO3. The highest BCUT2D eigenvalue weighted by atomic mass is 16.4. The molecule has 0 fully saturated rings. The molecule has 1 aromatic carbocycles. The number of anilines is 1. The minimum atomic E-state index is -0.718. The average Bonchev–Trinajstić information content (AvgIpc) is 2.25. The zero-order chi connectivity index (χ0) is 10.8. The number of hydrogen-bond acceptors (Lipinski definition) is 4. The first kappa shape index (κ1) is 9.58. The van der Waals surface area contributed by atoms with E-state index in [1.165, 1.54) is 0 Å². The molecule has 4 heteroatoms. The number of benzene rings is 1. The van der Waals surface area contributed by atoms with E-state index in [0.29, 0.717) is 23.2 Å². The van der Waals surface area contributed by atoms with Crippen LogP contribution in [0.5, 0.6) is 5.75 Å². The molecule has 15 heavy (non-hydrogen) atoms. The van der Waals surface area contributed by atoms with Crippen molar-refractivity contribution < 1.29 is 9.52 Å². The second-order valence-electron chi connectivity index (χ2n) is 3.14. The molecule has 0 radical (unpaired) electrons. The molecule has 2 aromatic rings. The number of fused-ring (bicyclic) bond motifs is 1. The third-order valence-electron chi connectivity index (χ3n) is 2.14. The van der Waals surface area contributed by atoms with Gasteiger partial charge in [0.2, 0.25) is 5.75 Å². The van der Waals surface area contributed by atoms with Gasteiger partial charge in [-0.2, -0.15) is 0 Å². The summed E-state index contributed by atoms with van der Waals surface area (Å²) < 4.78 is 4.93. The summed E-state index contributed by atoms with van der Waals surface area (Å²) in [6.45, 7) is 2.52. The van der Waals surface area contributed by atoms with Gasteiger partial charge < -0.3 is 14.8 Å². The van der Waals surface area contributed by atoms with Crippen molar-refractivity contribution >= 4 is 16.7 Å². The maximum Gasteiger partial charge on any atom is 0.381 e. The fourth-order valence-corrected chi connectivity index (χ4v) is 1.50. The molecule has 2 rings (SSSR count). The van der Waals surface area contributed by atoms with E-state index in [1.807, 2.05) is 13.0 Å². The molecule has 2 N–H and O–H groups in total. The third-order valence-corrected chi connectivity index (χ3v) is 2.14. The largest absolute Gasteiger partial charge is 0.500 e. The van der Waals surface area contributed by atoms with Gasteiger partial charge in [-0.25, -0.2) is 4.79 Å². The van der Waals surface area contributed by atoms with Crippen molar-refractivity contribution in [3.8, 4) is 5.75 Å². The van der Waals surface area contributed by atoms with Crippen LogP contribution in [0.25, 0.3) is 11.0 Å². The van der Waals surface area contributed by atoms with Gasteiger partial charge in [0.05, 0.1) is 5.69 Å². The first-order valence-corrected chi connectivity index (χ1v) is 4.72. The summed E-state index contributed by atoms with van der Waals surface area (Å²) in [6.07, 6.45) is 0. The maximum atomic E-state index is 11.3. The Hall–Kier alpha value is -1.97. The van der Waals surface area contributed by atoms with Gasteiger partial charge in [0, 0.05) is 11.9 Å². The predicted molar refractivity (Wildman–Crippen MR) is 58.3 cm³/mol. The molecule has 0 saturated carbocycles. The summed E-state index contributed by atoms with van der Waals surface area (Å²) in [5.41, 5.74) is 0.185. The van der Waals surface area contributed by atoms with E-state index >= 15 is 0 Å². The van der Waals surface area contributed by atoms with E-state index in [4.69, 9.17) is 4.42 Å². The average molecular weight is 205 g/mol. The highest BCUT2D eigenvalue weighted by Crippen LogP contribution is 2.28. The zero-order valence-electron chi connectivity index (χ0n) is 8.28. The number of aromatic hydroxyl groups is 1. The summed E-state index contributed by atoms with van der Waals surface area (Å²) in [5, 5.41) is 13.2. The summed E-state index contributed by atoms with van der Waals surface area (Å²) in [7, 11) is 0. The van der Waals surface area contributed by atoms with E-state index in [-0.39, 0.29) is 5.75 Å². The standard InChI is InChI=1S/C11H11NO3/c1-2-12-9-7-5-3-4-6-8(7)15-11(14)10(9)13/h3-6,12-13H,2H2,1H3. The Morgan fingerprint density at radius 3 is 2.87 bits per heavy atom. The Morgan fingerprint density at radius 2 is 2.13 bits per heavy atom. The molecule has 1 heterocycles. The monoisotopic (exact) mass is 205 g/mol. The van der Waals surface area contributed by atoms with Crippen molar-refractivity contribution in [3.63, 3.8) is 0 Å². The first-order valence-electron chi connectivity index (χ1n) is 4.72. The van der Waals surface area contributed by atoms with Crippen molar-refractivity contribution in [2.24, 2.45) is 0 Å². The van der Waals surface area contributed by atoms with Crippen LogP contribution in [-0.4, -0.2) is 11.7 Å². The topological polar surface area (TPSA) is 62.5 Å².